The molecule has 0 unspecified atom stereocenters. The highest BCUT2D eigenvalue weighted by Gasteiger charge is 2.35. The molecule has 4 rings (SSSR count). The van der Waals surface area contributed by atoms with Gasteiger partial charge in [-0.1, -0.05) is 24.3 Å². The molecule has 1 aromatic heterocycles. The second-order valence-corrected chi connectivity index (χ2v) is 7.30. The molecule has 6 nitrogen and oxygen atoms in total. The lowest BCUT2D eigenvalue weighted by molar-refractivity contribution is -0.142. The first kappa shape index (κ1) is 16.8. The second kappa shape index (κ2) is 6.92. The van der Waals surface area contributed by atoms with Crippen molar-refractivity contribution in [3.05, 3.63) is 57.8 Å². The van der Waals surface area contributed by atoms with Crippen molar-refractivity contribution in [1.82, 2.24) is 9.80 Å². The van der Waals surface area contributed by atoms with E-state index in [1.807, 2.05) is 29.6 Å². The fourth-order valence-electron chi connectivity index (χ4n) is 3.36. The number of esters is 1. The minimum absolute atomic E-state index is 0.00474. The van der Waals surface area contributed by atoms with Crippen molar-refractivity contribution < 1.29 is 19.1 Å². The number of benzene rings is 1. The third-order valence-corrected chi connectivity index (χ3v) is 5.64. The summed E-state index contributed by atoms with van der Waals surface area (Å²) < 4.78 is 5.35. The van der Waals surface area contributed by atoms with Gasteiger partial charge in [0.05, 0.1) is 10.4 Å². The van der Waals surface area contributed by atoms with Crippen LogP contribution in [-0.2, 0) is 16.0 Å². The average Bonchev–Trinajstić information content (AvgIpc) is 3.22. The van der Waals surface area contributed by atoms with Gasteiger partial charge in [-0.25, -0.2) is 4.79 Å². The lowest BCUT2D eigenvalue weighted by Gasteiger charge is -2.36. The molecule has 3 heterocycles. The van der Waals surface area contributed by atoms with Crippen LogP contribution in [-0.4, -0.2) is 59.9 Å². The Hall–Kier alpha value is -2.67. The molecule has 2 amide bonds. The number of carbonyl (C=O) groups excluding carboxylic acids is 3. The van der Waals surface area contributed by atoms with Gasteiger partial charge in [0.2, 0.25) is 0 Å². The van der Waals surface area contributed by atoms with Crippen molar-refractivity contribution in [1.29, 1.82) is 0 Å². The Balaban J connectivity index is 1.38. The van der Waals surface area contributed by atoms with Gasteiger partial charge in [0, 0.05) is 32.6 Å². The van der Waals surface area contributed by atoms with Crippen molar-refractivity contribution in [3.8, 4) is 0 Å². The highest BCUT2D eigenvalue weighted by molar-refractivity contribution is 7.12. The Morgan fingerprint density at radius 3 is 2.46 bits per heavy atom. The van der Waals surface area contributed by atoms with Gasteiger partial charge in [0.1, 0.15) is 0 Å². The number of fused-ring (bicyclic) bond motifs is 1. The van der Waals surface area contributed by atoms with Crippen LogP contribution in [0.5, 0.6) is 0 Å². The molecular formula is C19H18N2O4S. The van der Waals surface area contributed by atoms with E-state index >= 15 is 0 Å². The maximum atomic E-state index is 12.8. The molecule has 0 N–H and O–H groups in total. The summed E-state index contributed by atoms with van der Waals surface area (Å²) in [7, 11) is 0. The number of thiophene rings is 1. The number of ether oxygens (including phenoxy) is 1. The van der Waals surface area contributed by atoms with E-state index in [2.05, 4.69) is 0 Å². The van der Waals surface area contributed by atoms with Crippen LogP contribution in [0, 0.1) is 0 Å². The number of nitrogens with zero attached hydrogens (tertiary/aromatic N) is 2. The summed E-state index contributed by atoms with van der Waals surface area (Å²) in [4.78, 5) is 41.4. The van der Waals surface area contributed by atoms with Crippen LogP contribution in [0.1, 0.15) is 25.6 Å². The largest absolute Gasteiger partial charge is 0.448 e. The smallest absolute Gasteiger partial charge is 0.339 e. The molecule has 1 fully saturated rings. The van der Waals surface area contributed by atoms with Gasteiger partial charge >= 0.3 is 5.97 Å². The molecule has 7 heteroatoms. The number of cyclic esters (lactones) is 1. The molecule has 2 aromatic rings. The van der Waals surface area contributed by atoms with Crippen LogP contribution >= 0.6 is 11.3 Å². The maximum absolute atomic E-state index is 12.8. The van der Waals surface area contributed by atoms with E-state index < -0.39 is 12.1 Å². The van der Waals surface area contributed by atoms with Crippen LogP contribution in [0.3, 0.4) is 0 Å². The van der Waals surface area contributed by atoms with Gasteiger partial charge in [-0.15, -0.1) is 11.3 Å². The first-order valence-corrected chi connectivity index (χ1v) is 9.42. The lowest BCUT2D eigenvalue weighted by atomic mass is 9.98. The van der Waals surface area contributed by atoms with Crippen LogP contribution in [0.2, 0.25) is 0 Å². The van der Waals surface area contributed by atoms with Crippen molar-refractivity contribution >= 4 is 29.1 Å². The summed E-state index contributed by atoms with van der Waals surface area (Å²) in [6, 6.07) is 10.9. The first-order valence-electron chi connectivity index (χ1n) is 8.54. The zero-order valence-corrected chi connectivity index (χ0v) is 14.9. The van der Waals surface area contributed by atoms with Gasteiger partial charge in [-0.2, -0.15) is 0 Å². The third-order valence-electron chi connectivity index (χ3n) is 4.78. The Bertz CT molecular complexity index is 841. The number of piperazine rings is 1. The Morgan fingerprint density at radius 1 is 1.00 bits per heavy atom. The van der Waals surface area contributed by atoms with Crippen molar-refractivity contribution in [2.24, 2.45) is 0 Å². The lowest BCUT2D eigenvalue weighted by Crippen LogP contribution is -2.54. The molecule has 1 atom stereocenters. The topological polar surface area (TPSA) is 66.9 Å². The molecule has 2 aliphatic rings. The number of carbonyl (C=O) groups is 3. The summed E-state index contributed by atoms with van der Waals surface area (Å²) in [5.74, 6) is -0.627. The molecule has 0 spiro atoms. The van der Waals surface area contributed by atoms with E-state index in [1.165, 1.54) is 11.3 Å². The SMILES string of the molecule is O=C1O[C@H](C(=O)N2CCN(C(=O)c3cccs3)CC2)Cc2ccccc21. The van der Waals surface area contributed by atoms with Gasteiger partial charge in [0.15, 0.2) is 6.10 Å². The number of amides is 2. The highest BCUT2D eigenvalue weighted by Crippen LogP contribution is 2.22. The Labute approximate surface area is 155 Å². The molecule has 0 saturated carbocycles. The number of hydrogen-bond donors (Lipinski definition) is 0. The summed E-state index contributed by atoms with van der Waals surface area (Å²) in [6.07, 6.45) is -0.383. The molecule has 0 bridgehead atoms. The molecule has 0 aliphatic carbocycles. The molecule has 1 aromatic carbocycles. The van der Waals surface area contributed by atoms with Crippen molar-refractivity contribution in [3.63, 3.8) is 0 Å². The van der Waals surface area contributed by atoms with Crippen LogP contribution < -0.4 is 0 Å². The molecule has 2 aliphatic heterocycles. The van der Waals surface area contributed by atoms with E-state index in [4.69, 9.17) is 4.74 Å². The van der Waals surface area contributed by atoms with Gasteiger partial charge in [0.25, 0.3) is 11.8 Å². The Morgan fingerprint density at radius 2 is 1.73 bits per heavy atom. The van der Waals surface area contributed by atoms with Crippen LogP contribution in [0.25, 0.3) is 0 Å². The van der Waals surface area contributed by atoms with Crippen molar-refractivity contribution in [2.75, 3.05) is 26.2 Å². The zero-order chi connectivity index (χ0) is 18.1. The predicted molar refractivity (Wildman–Crippen MR) is 96.2 cm³/mol. The summed E-state index contributed by atoms with van der Waals surface area (Å²) in [5, 5.41) is 1.88. The standard InChI is InChI=1S/C19H18N2O4S/c22-17(15-12-13-4-1-2-5-14(13)19(24)25-15)20-7-9-21(10-8-20)18(23)16-6-3-11-26-16/h1-6,11,15H,7-10,12H2/t15-/m0/s1. The molecule has 1 saturated heterocycles. The zero-order valence-electron chi connectivity index (χ0n) is 14.1. The van der Waals surface area contributed by atoms with Crippen LogP contribution in [0.4, 0.5) is 0 Å². The van der Waals surface area contributed by atoms with E-state index in [0.29, 0.717) is 43.0 Å². The molecule has 26 heavy (non-hydrogen) atoms. The minimum Gasteiger partial charge on any atom is -0.448 e. The third kappa shape index (κ3) is 3.10. The average molecular weight is 370 g/mol. The fourth-order valence-corrected chi connectivity index (χ4v) is 4.05. The van der Waals surface area contributed by atoms with E-state index in [9.17, 15) is 14.4 Å². The molecular weight excluding hydrogens is 352 g/mol. The number of hydrogen-bond acceptors (Lipinski definition) is 5. The van der Waals surface area contributed by atoms with E-state index in [-0.39, 0.29) is 11.8 Å². The number of rotatable bonds is 2. The van der Waals surface area contributed by atoms with Crippen LogP contribution in [0.15, 0.2) is 41.8 Å². The monoisotopic (exact) mass is 370 g/mol. The quantitative estimate of drug-likeness (QED) is 0.757. The summed E-state index contributed by atoms with van der Waals surface area (Å²) in [6.45, 7) is 1.87. The molecule has 0 radical (unpaired) electrons. The Kier molecular flexibility index (Phi) is 4.46. The van der Waals surface area contributed by atoms with Crippen molar-refractivity contribution in [2.45, 2.75) is 12.5 Å². The highest BCUT2D eigenvalue weighted by atomic mass is 32.1. The van der Waals surface area contributed by atoms with Gasteiger partial charge in [-0.05, 0) is 23.1 Å². The van der Waals surface area contributed by atoms with E-state index in [1.54, 1.807) is 21.9 Å². The maximum Gasteiger partial charge on any atom is 0.339 e. The normalized spacial score (nSPS) is 19.7. The first-order chi connectivity index (χ1) is 12.6. The second-order valence-electron chi connectivity index (χ2n) is 6.35. The van der Waals surface area contributed by atoms with E-state index in [0.717, 1.165) is 5.56 Å². The fraction of sp³-hybridized carbons (Fsp3) is 0.316. The summed E-state index contributed by atoms with van der Waals surface area (Å²) in [5.41, 5.74) is 1.37. The summed E-state index contributed by atoms with van der Waals surface area (Å²) >= 11 is 1.42. The molecule has 134 valence electrons. The minimum atomic E-state index is -0.781. The predicted octanol–water partition coefficient (Wildman–Crippen LogP) is 1.81. The van der Waals surface area contributed by atoms with Gasteiger partial charge < -0.3 is 14.5 Å². The van der Waals surface area contributed by atoms with Gasteiger partial charge in [-0.3, -0.25) is 9.59 Å².